The number of rotatable bonds is 1. The fourth-order valence-electron chi connectivity index (χ4n) is 2.04. The fourth-order valence-corrected chi connectivity index (χ4v) is 18.7. The SMILES string of the molecule is C[Si]1(C)O[Si](C)(C)O[Si](Cl)(c2ccccc2)O1. The second kappa shape index (κ2) is 4.30. The van der Waals surface area contributed by atoms with Gasteiger partial charge in [0, 0.05) is 5.19 Å². The molecule has 1 aromatic rings. The highest BCUT2D eigenvalue weighted by Gasteiger charge is 2.56. The van der Waals surface area contributed by atoms with Crippen molar-refractivity contribution in [2.45, 2.75) is 26.2 Å². The number of hydrogen-bond acceptors (Lipinski definition) is 3. The van der Waals surface area contributed by atoms with E-state index < -0.39 is 25.0 Å². The predicted molar refractivity (Wildman–Crippen MR) is 75.9 cm³/mol. The van der Waals surface area contributed by atoms with Gasteiger partial charge >= 0.3 is 25.0 Å². The molecule has 0 aromatic heterocycles. The molecule has 0 aliphatic carbocycles. The van der Waals surface area contributed by atoms with Gasteiger partial charge in [-0.3, -0.25) is 0 Å². The van der Waals surface area contributed by atoms with Crippen LogP contribution in [0.1, 0.15) is 0 Å². The van der Waals surface area contributed by atoms with E-state index in [1.807, 2.05) is 56.5 Å². The smallest absolute Gasteiger partial charge is 0.416 e. The fraction of sp³-hybridized carbons (Fsp3) is 0.400. The molecule has 1 aliphatic rings. The lowest BCUT2D eigenvalue weighted by molar-refractivity contribution is 0.253. The summed E-state index contributed by atoms with van der Waals surface area (Å²) in [7, 11) is -7.17. The van der Waals surface area contributed by atoms with Gasteiger partial charge in [0.25, 0.3) is 0 Å². The van der Waals surface area contributed by atoms with Crippen molar-refractivity contribution >= 4 is 41.3 Å². The highest BCUT2D eigenvalue weighted by Crippen LogP contribution is 2.32. The van der Waals surface area contributed by atoms with E-state index in [4.69, 9.17) is 23.4 Å². The van der Waals surface area contributed by atoms with Crippen LogP contribution in [-0.4, -0.2) is 25.0 Å². The summed E-state index contributed by atoms with van der Waals surface area (Å²) in [5.74, 6) is 0. The maximum absolute atomic E-state index is 6.65. The van der Waals surface area contributed by atoms with Crippen molar-refractivity contribution in [1.82, 2.24) is 0 Å². The van der Waals surface area contributed by atoms with Gasteiger partial charge in [0.05, 0.1) is 0 Å². The Balaban J connectivity index is 2.37. The van der Waals surface area contributed by atoms with Gasteiger partial charge in [-0.15, -0.1) is 0 Å². The van der Waals surface area contributed by atoms with E-state index in [-0.39, 0.29) is 0 Å². The van der Waals surface area contributed by atoms with Gasteiger partial charge < -0.3 is 12.3 Å². The van der Waals surface area contributed by atoms with Crippen molar-refractivity contribution in [2.75, 3.05) is 0 Å². The zero-order chi connectivity index (χ0) is 12.7. The first-order chi connectivity index (χ1) is 7.73. The third kappa shape index (κ3) is 3.08. The topological polar surface area (TPSA) is 27.7 Å². The first-order valence-electron chi connectivity index (χ1n) is 5.57. The van der Waals surface area contributed by atoms with Gasteiger partial charge in [-0.1, -0.05) is 41.4 Å². The standard InChI is InChI=1S/C10H17ClO3Si3/c1-15(2)12-16(3,4)14-17(11,13-15)10-8-6-5-7-9-10/h5-9H,1-4H3. The van der Waals surface area contributed by atoms with Crippen LogP contribution in [-0.2, 0) is 12.3 Å². The van der Waals surface area contributed by atoms with Crippen LogP contribution in [0.5, 0.6) is 0 Å². The van der Waals surface area contributed by atoms with Crippen LogP contribution in [0.4, 0.5) is 0 Å². The largest absolute Gasteiger partial charge is 0.460 e. The summed E-state index contributed by atoms with van der Waals surface area (Å²) in [5, 5.41) is 0.964. The Hall–Kier alpha value is 0.0406. The minimum absolute atomic E-state index is 0.964. The van der Waals surface area contributed by atoms with E-state index in [2.05, 4.69) is 0 Å². The van der Waals surface area contributed by atoms with Crippen LogP contribution >= 0.6 is 11.1 Å². The summed E-state index contributed by atoms with van der Waals surface area (Å²) in [6.07, 6.45) is 0. The quantitative estimate of drug-likeness (QED) is 0.589. The molecule has 1 fully saturated rings. The number of benzene rings is 1. The molecule has 0 atom stereocenters. The average molecular weight is 305 g/mol. The van der Waals surface area contributed by atoms with Gasteiger partial charge in [-0.2, -0.15) is 0 Å². The van der Waals surface area contributed by atoms with Gasteiger partial charge in [0.1, 0.15) is 0 Å². The first-order valence-corrected chi connectivity index (χ1v) is 14.0. The van der Waals surface area contributed by atoms with E-state index in [0.29, 0.717) is 0 Å². The predicted octanol–water partition coefficient (Wildman–Crippen LogP) is 2.54. The Kier molecular flexibility index (Phi) is 3.41. The van der Waals surface area contributed by atoms with Crippen molar-refractivity contribution < 1.29 is 12.3 Å². The summed E-state index contributed by atoms with van der Waals surface area (Å²) < 4.78 is 18.0. The number of halogens is 1. The molecule has 1 saturated heterocycles. The Labute approximate surface area is 110 Å². The highest BCUT2D eigenvalue weighted by molar-refractivity contribution is 7.25. The van der Waals surface area contributed by atoms with Gasteiger partial charge in [-0.25, -0.2) is 0 Å². The number of hydrogen-bond donors (Lipinski definition) is 0. The Morgan fingerprint density at radius 2 is 1.29 bits per heavy atom. The van der Waals surface area contributed by atoms with Crippen LogP contribution in [0.3, 0.4) is 0 Å². The van der Waals surface area contributed by atoms with Crippen LogP contribution in [0.25, 0.3) is 0 Å². The lowest BCUT2D eigenvalue weighted by atomic mass is 10.4. The summed E-state index contributed by atoms with van der Waals surface area (Å²) in [6.45, 7) is 8.10. The lowest BCUT2D eigenvalue weighted by Crippen LogP contribution is -2.68. The van der Waals surface area contributed by atoms with Gasteiger partial charge in [0.2, 0.25) is 0 Å². The highest BCUT2D eigenvalue weighted by atomic mass is 35.6. The minimum atomic E-state index is -2.81. The summed E-state index contributed by atoms with van der Waals surface area (Å²) in [5.41, 5.74) is 0. The molecule has 3 nitrogen and oxygen atoms in total. The molecule has 2 rings (SSSR count). The third-order valence-electron chi connectivity index (χ3n) is 2.36. The van der Waals surface area contributed by atoms with Crippen molar-refractivity contribution in [3.05, 3.63) is 30.3 Å². The Morgan fingerprint density at radius 1 is 0.824 bits per heavy atom. The molecule has 0 radical (unpaired) electrons. The molecule has 1 aromatic carbocycles. The minimum Gasteiger partial charge on any atom is -0.416 e. The zero-order valence-corrected chi connectivity index (χ0v) is 14.2. The van der Waals surface area contributed by atoms with Crippen molar-refractivity contribution in [1.29, 1.82) is 0 Å². The molecule has 0 unspecified atom stereocenters. The third-order valence-corrected chi connectivity index (χ3v) is 15.4. The average Bonchev–Trinajstić information content (AvgIpc) is 2.13. The molecular weight excluding hydrogens is 288 g/mol. The molecule has 0 saturated carbocycles. The maximum atomic E-state index is 6.65. The molecule has 1 heterocycles. The van der Waals surface area contributed by atoms with E-state index in [1.165, 1.54) is 0 Å². The maximum Gasteiger partial charge on any atom is 0.460 e. The zero-order valence-electron chi connectivity index (χ0n) is 10.5. The van der Waals surface area contributed by atoms with E-state index in [9.17, 15) is 0 Å². The summed E-state index contributed by atoms with van der Waals surface area (Å²) >= 11 is 6.65. The van der Waals surface area contributed by atoms with Crippen molar-refractivity contribution in [2.24, 2.45) is 0 Å². The van der Waals surface area contributed by atoms with Gasteiger partial charge in [0.15, 0.2) is 0 Å². The van der Waals surface area contributed by atoms with E-state index >= 15 is 0 Å². The van der Waals surface area contributed by atoms with E-state index in [1.54, 1.807) is 0 Å². The van der Waals surface area contributed by atoms with Gasteiger partial charge in [-0.05, 0) is 26.2 Å². The van der Waals surface area contributed by atoms with Crippen LogP contribution in [0.15, 0.2) is 30.3 Å². The lowest BCUT2D eigenvalue weighted by Gasteiger charge is -2.46. The van der Waals surface area contributed by atoms with Crippen molar-refractivity contribution in [3.8, 4) is 0 Å². The molecule has 0 amide bonds. The Bertz CT molecular complexity index is 395. The van der Waals surface area contributed by atoms with E-state index in [0.717, 1.165) is 5.19 Å². The Morgan fingerprint density at radius 3 is 1.76 bits per heavy atom. The van der Waals surface area contributed by atoms with Crippen molar-refractivity contribution in [3.63, 3.8) is 0 Å². The second-order valence-corrected chi connectivity index (χ2v) is 16.2. The molecule has 17 heavy (non-hydrogen) atoms. The monoisotopic (exact) mass is 304 g/mol. The molecule has 7 heteroatoms. The summed E-state index contributed by atoms with van der Waals surface area (Å²) in [4.78, 5) is 0. The molecule has 0 bridgehead atoms. The second-order valence-electron chi connectivity index (χ2n) is 5.01. The molecule has 94 valence electrons. The van der Waals surface area contributed by atoms with Crippen LogP contribution in [0.2, 0.25) is 26.2 Å². The summed E-state index contributed by atoms with van der Waals surface area (Å²) in [6, 6.07) is 9.82. The van der Waals surface area contributed by atoms with Crippen LogP contribution < -0.4 is 5.19 Å². The molecular formula is C10H17ClO3Si3. The van der Waals surface area contributed by atoms with Crippen LogP contribution in [0, 0.1) is 0 Å². The normalized spacial score (nSPS) is 25.5. The molecule has 0 spiro atoms. The molecule has 0 N–H and O–H groups in total. The molecule has 1 aliphatic heterocycles. The first kappa shape index (κ1) is 13.5.